The summed E-state index contributed by atoms with van der Waals surface area (Å²) in [5.74, 6) is 0.579. The molecule has 2 nitrogen and oxygen atoms in total. The van der Waals surface area contributed by atoms with Gasteiger partial charge < -0.3 is 4.90 Å². The molecular formula is C14H17ClN2. The third-order valence-corrected chi connectivity index (χ3v) is 3.98. The Bertz CT molecular complexity index is 428. The van der Waals surface area contributed by atoms with Crippen LogP contribution in [0.5, 0.6) is 0 Å². The number of piperidine rings is 1. The van der Waals surface area contributed by atoms with Gasteiger partial charge in [0.05, 0.1) is 6.07 Å². The van der Waals surface area contributed by atoms with Crippen LogP contribution in [0.25, 0.3) is 0 Å². The maximum Gasteiger partial charge on any atom is 0.0624 e. The summed E-state index contributed by atoms with van der Waals surface area (Å²) in [6, 6.07) is 8.34. The number of anilines is 1. The first-order valence-electron chi connectivity index (χ1n) is 6.09. The molecule has 1 aliphatic heterocycles. The second kappa shape index (κ2) is 5.42. The highest BCUT2D eigenvalue weighted by molar-refractivity contribution is 6.31. The number of halogens is 1. The first-order chi connectivity index (χ1) is 8.22. The maximum atomic E-state index is 8.70. The van der Waals surface area contributed by atoms with Crippen LogP contribution in [0.3, 0.4) is 0 Å². The molecule has 0 aromatic heterocycles. The summed E-state index contributed by atoms with van der Waals surface area (Å²) in [6.45, 7) is 4.14. The molecule has 0 atom stereocenters. The molecule has 0 amide bonds. The molecule has 1 aliphatic rings. The molecule has 3 heteroatoms. The number of hydrogen-bond donors (Lipinski definition) is 0. The van der Waals surface area contributed by atoms with E-state index < -0.39 is 0 Å². The van der Waals surface area contributed by atoms with Crippen molar-refractivity contribution in [2.45, 2.75) is 26.2 Å². The summed E-state index contributed by atoms with van der Waals surface area (Å²) in [6.07, 6.45) is 2.92. The predicted octanol–water partition coefficient (Wildman–Crippen LogP) is 3.78. The number of hydrogen-bond acceptors (Lipinski definition) is 2. The normalized spacial score (nSPS) is 16.9. The van der Waals surface area contributed by atoms with Crippen LogP contribution in [-0.2, 0) is 0 Å². The molecule has 0 spiro atoms. The van der Waals surface area contributed by atoms with Gasteiger partial charge in [0, 0.05) is 30.2 Å². The zero-order valence-corrected chi connectivity index (χ0v) is 10.9. The lowest BCUT2D eigenvalue weighted by Gasteiger charge is -2.33. The van der Waals surface area contributed by atoms with Gasteiger partial charge in [0.2, 0.25) is 0 Å². The summed E-state index contributed by atoms with van der Waals surface area (Å²) in [4.78, 5) is 2.38. The van der Waals surface area contributed by atoms with E-state index in [0.717, 1.165) is 36.5 Å². The van der Waals surface area contributed by atoms with E-state index in [2.05, 4.69) is 24.0 Å². The van der Waals surface area contributed by atoms with Crippen LogP contribution < -0.4 is 4.90 Å². The Kier molecular flexibility index (Phi) is 3.91. The molecule has 0 unspecified atom stereocenters. The van der Waals surface area contributed by atoms with Gasteiger partial charge in [-0.05, 0) is 43.4 Å². The third-order valence-electron chi connectivity index (χ3n) is 3.57. The van der Waals surface area contributed by atoms with E-state index in [1.807, 2.05) is 12.1 Å². The van der Waals surface area contributed by atoms with Crippen LogP contribution in [-0.4, -0.2) is 13.1 Å². The molecule has 0 bridgehead atoms. The highest BCUT2D eigenvalue weighted by Crippen LogP contribution is 2.30. The molecule has 1 aromatic carbocycles. The predicted molar refractivity (Wildman–Crippen MR) is 71.4 cm³/mol. The smallest absolute Gasteiger partial charge is 0.0624 e. The van der Waals surface area contributed by atoms with Crippen molar-refractivity contribution >= 4 is 17.3 Å². The lowest BCUT2D eigenvalue weighted by molar-refractivity contribution is 0.412. The highest BCUT2D eigenvalue weighted by atomic mass is 35.5. The first kappa shape index (κ1) is 12.3. The molecule has 0 aliphatic carbocycles. The van der Waals surface area contributed by atoms with Crippen molar-refractivity contribution in [2.75, 3.05) is 18.0 Å². The number of benzene rings is 1. The molecule has 17 heavy (non-hydrogen) atoms. The van der Waals surface area contributed by atoms with Crippen molar-refractivity contribution in [2.24, 2.45) is 5.92 Å². The van der Waals surface area contributed by atoms with Gasteiger partial charge in [-0.2, -0.15) is 5.26 Å². The molecule has 1 fully saturated rings. The Morgan fingerprint density at radius 3 is 2.76 bits per heavy atom. The Balaban J connectivity index is 2.06. The van der Waals surface area contributed by atoms with Crippen LogP contribution in [0.4, 0.5) is 5.69 Å². The summed E-state index contributed by atoms with van der Waals surface area (Å²) in [5, 5.41) is 9.54. The Morgan fingerprint density at radius 1 is 1.41 bits per heavy atom. The Morgan fingerprint density at radius 2 is 2.12 bits per heavy atom. The average molecular weight is 249 g/mol. The van der Waals surface area contributed by atoms with E-state index in [4.69, 9.17) is 16.9 Å². The Labute approximate surface area is 108 Å². The van der Waals surface area contributed by atoms with E-state index in [9.17, 15) is 0 Å². The van der Waals surface area contributed by atoms with Crippen LogP contribution >= 0.6 is 11.6 Å². The minimum Gasteiger partial charge on any atom is -0.371 e. The second-order valence-corrected chi connectivity index (χ2v) is 5.08. The molecule has 1 heterocycles. The van der Waals surface area contributed by atoms with Gasteiger partial charge in [-0.1, -0.05) is 17.7 Å². The SMILES string of the molecule is Cc1c(Cl)cccc1N1CCC(CC#N)CC1. The lowest BCUT2D eigenvalue weighted by Crippen LogP contribution is -2.34. The zero-order valence-electron chi connectivity index (χ0n) is 10.1. The second-order valence-electron chi connectivity index (χ2n) is 4.68. The van der Waals surface area contributed by atoms with Crippen LogP contribution in [0.2, 0.25) is 5.02 Å². The van der Waals surface area contributed by atoms with Crippen molar-refractivity contribution < 1.29 is 0 Å². The van der Waals surface area contributed by atoms with E-state index in [1.165, 1.54) is 5.69 Å². The zero-order chi connectivity index (χ0) is 12.3. The lowest BCUT2D eigenvalue weighted by atomic mass is 9.93. The van der Waals surface area contributed by atoms with Gasteiger partial charge in [0.15, 0.2) is 0 Å². The summed E-state index contributed by atoms with van der Waals surface area (Å²) in [5.41, 5.74) is 2.40. The van der Waals surface area contributed by atoms with Crippen molar-refractivity contribution in [3.05, 3.63) is 28.8 Å². The number of nitriles is 1. The largest absolute Gasteiger partial charge is 0.371 e. The van der Waals surface area contributed by atoms with E-state index in [0.29, 0.717) is 12.3 Å². The van der Waals surface area contributed by atoms with Gasteiger partial charge in [-0.25, -0.2) is 0 Å². The van der Waals surface area contributed by atoms with E-state index in [1.54, 1.807) is 0 Å². The van der Waals surface area contributed by atoms with Gasteiger partial charge in [-0.3, -0.25) is 0 Å². The van der Waals surface area contributed by atoms with Crippen molar-refractivity contribution in [1.29, 1.82) is 5.26 Å². The third kappa shape index (κ3) is 2.73. The van der Waals surface area contributed by atoms with Crippen molar-refractivity contribution in [1.82, 2.24) is 0 Å². The highest BCUT2D eigenvalue weighted by Gasteiger charge is 2.20. The minimum atomic E-state index is 0.579. The van der Waals surface area contributed by atoms with E-state index in [-0.39, 0.29) is 0 Å². The number of nitrogens with zero attached hydrogens (tertiary/aromatic N) is 2. The topological polar surface area (TPSA) is 27.0 Å². The Hall–Kier alpha value is -1.20. The molecule has 90 valence electrons. The maximum absolute atomic E-state index is 8.70. The summed E-state index contributed by atoms with van der Waals surface area (Å²) in [7, 11) is 0. The standard InChI is InChI=1S/C14H17ClN2/c1-11-13(15)3-2-4-14(11)17-9-6-12(5-8-16)7-10-17/h2-4,12H,5-7,9-10H2,1H3. The minimum absolute atomic E-state index is 0.579. The van der Waals surface area contributed by atoms with E-state index >= 15 is 0 Å². The molecule has 0 radical (unpaired) electrons. The quantitative estimate of drug-likeness (QED) is 0.797. The summed E-state index contributed by atoms with van der Waals surface area (Å²) >= 11 is 6.14. The van der Waals surface area contributed by atoms with Gasteiger partial charge in [0.25, 0.3) is 0 Å². The summed E-state index contributed by atoms with van der Waals surface area (Å²) < 4.78 is 0. The average Bonchev–Trinajstić information content (AvgIpc) is 2.34. The van der Waals surface area contributed by atoms with Crippen molar-refractivity contribution in [3.63, 3.8) is 0 Å². The fourth-order valence-electron chi connectivity index (χ4n) is 2.45. The van der Waals surface area contributed by atoms with Crippen molar-refractivity contribution in [3.8, 4) is 6.07 Å². The van der Waals surface area contributed by atoms with Gasteiger partial charge in [-0.15, -0.1) is 0 Å². The molecular weight excluding hydrogens is 232 g/mol. The van der Waals surface area contributed by atoms with Crippen LogP contribution in [0, 0.1) is 24.2 Å². The monoisotopic (exact) mass is 248 g/mol. The fourth-order valence-corrected chi connectivity index (χ4v) is 2.62. The fraction of sp³-hybridized carbons (Fsp3) is 0.500. The van der Waals surface area contributed by atoms with Crippen LogP contribution in [0.15, 0.2) is 18.2 Å². The van der Waals surface area contributed by atoms with Gasteiger partial charge >= 0.3 is 0 Å². The van der Waals surface area contributed by atoms with Gasteiger partial charge in [0.1, 0.15) is 0 Å². The molecule has 1 saturated heterocycles. The first-order valence-corrected chi connectivity index (χ1v) is 6.47. The molecule has 0 N–H and O–H groups in total. The number of rotatable bonds is 2. The molecule has 1 aromatic rings. The van der Waals surface area contributed by atoms with Crippen LogP contribution in [0.1, 0.15) is 24.8 Å². The molecule has 0 saturated carbocycles. The molecule has 2 rings (SSSR count).